The largest absolute Gasteiger partial charge is 0.361 e. The zero-order valence-corrected chi connectivity index (χ0v) is 19.5. The third kappa shape index (κ3) is 5.83. The van der Waals surface area contributed by atoms with E-state index in [0.717, 1.165) is 49.0 Å². The van der Waals surface area contributed by atoms with Crippen molar-refractivity contribution < 1.29 is 9.05 Å². The molecular weight excluding hydrogens is 412 g/mol. The molecule has 0 unspecified atom stereocenters. The van der Waals surface area contributed by atoms with Crippen molar-refractivity contribution in [3.8, 4) is 11.5 Å². The number of rotatable bonds is 4. The maximum atomic E-state index is 5.78. The first-order valence-electron chi connectivity index (χ1n) is 11.6. The van der Waals surface area contributed by atoms with Gasteiger partial charge in [-0.25, -0.2) is 0 Å². The molecule has 3 heterocycles. The highest BCUT2D eigenvalue weighted by Gasteiger charge is 2.22. The van der Waals surface area contributed by atoms with E-state index >= 15 is 0 Å². The summed E-state index contributed by atoms with van der Waals surface area (Å²) >= 11 is 5.78. The summed E-state index contributed by atoms with van der Waals surface area (Å²) in [5.74, 6) is 1.87. The standard InChI is InChI=1S/C22H34N6O2S/c1-16-20(17(2)29-25-16)21-24-19(26-30-21)15-27-11-8-12-28(14-13-27)22(31)23-18-9-6-4-3-5-7-10-18/h18H,3-15H2,1-2H3,(H,23,31). The first-order valence-corrected chi connectivity index (χ1v) is 12.0. The predicted molar refractivity (Wildman–Crippen MR) is 123 cm³/mol. The van der Waals surface area contributed by atoms with E-state index in [2.05, 4.69) is 30.4 Å². The van der Waals surface area contributed by atoms with Crippen LogP contribution in [0.1, 0.15) is 68.6 Å². The van der Waals surface area contributed by atoms with Crippen molar-refractivity contribution in [2.24, 2.45) is 0 Å². The zero-order valence-electron chi connectivity index (χ0n) is 18.7. The Morgan fingerprint density at radius 2 is 1.74 bits per heavy atom. The Morgan fingerprint density at radius 1 is 0.968 bits per heavy atom. The molecule has 0 radical (unpaired) electrons. The summed E-state index contributed by atoms with van der Waals surface area (Å²) in [4.78, 5) is 9.28. The molecule has 2 aliphatic rings. The molecule has 2 aromatic heterocycles. The van der Waals surface area contributed by atoms with Gasteiger partial charge in [0.05, 0.1) is 12.2 Å². The van der Waals surface area contributed by atoms with Crippen LogP contribution in [-0.4, -0.2) is 62.4 Å². The molecule has 0 atom stereocenters. The third-order valence-electron chi connectivity index (χ3n) is 6.39. The maximum Gasteiger partial charge on any atom is 0.263 e. The van der Waals surface area contributed by atoms with Crippen LogP contribution < -0.4 is 5.32 Å². The maximum absolute atomic E-state index is 5.78. The van der Waals surface area contributed by atoms with Crippen LogP contribution in [0.5, 0.6) is 0 Å². The topological polar surface area (TPSA) is 83.5 Å². The first kappa shape index (κ1) is 22.2. The van der Waals surface area contributed by atoms with Crippen LogP contribution in [0.2, 0.25) is 0 Å². The van der Waals surface area contributed by atoms with Crippen molar-refractivity contribution in [2.75, 3.05) is 26.2 Å². The van der Waals surface area contributed by atoms with Crippen molar-refractivity contribution in [1.29, 1.82) is 0 Å². The lowest BCUT2D eigenvalue weighted by Gasteiger charge is -2.29. The van der Waals surface area contributed by atoms with Crippen LogP contribution in [0.4, 0.5) is 0 Å². The second-order valence-electron chi connectivity index (χ2n) is 8.82. The molecule has 31 heavy (non-hydrogen) atoms. The number of aromatic nitrogens is 3. The van der Waals surface area contributed by atoms with Gasteiger partial charge in [0, 0.05) is 32.2 Å². The van der Waals surface area contributed by atoms with Crippen molar-refractivity contribution in [3.63, 3.8) is 0 Å². The van der Waals surface area contributed by atoms with Crippen molar-refractivity contribution in [3.05, 3.63) is 17.3 Å². The molecule has 4 rings (SSSR count). The lowest BCUT2D eigenvalue weighted by atomic mass is 9.97. The molecule has 1 saturated heterocycles. The van der Waals surface area contributed by atoms with Crippen molar-refractivity contribution >= 4 is 17.3 Å². The highest BCUT2D eigenvalue weighted by Crippen LogP contribution is 2.25. The average molecular weight is 447 g/mol. The van der Waals surface area contributed by atoms with Crippen LogP contribution >= 0.6 is 12.2 Å². The molecular formula is C22H34N6O2S. The Balaban J connectivity index is 1.29. The molecule has 1 aliphatic heterocycles. The fraction of sp³-hybridized carbons (Fsp3) is 0.727. The summed E-state index contributed by atoms with van der Waals surface area (Å²) in [6.07, 6.45) is 10.3. The summed E-state index contributed by atoms with van der Waals surface area (Å²) in [5.41, 5.74) is 1.56. The fourth-order valence-corrected chi connectivity index (χ4v) is 4.96. The molecule has 1 aliphatic carbocycles. The number of hydrogen-bond donors (Lipinski definition) is 1. The molecule has 0 aromatic carbocycles. The smallest absolute Gasteiger partial charge is 0.263 e. The summed E-state index contributed by atoms with van der Waals surface area (Å²) in [6.45, 7) is 8.25. The van der Waals surface area contributed by atoms with Crippen LogP contribution in [0.25, 0.3) is 11.5 Å². The SMILES string of the molecule is Cc1noc(C)c1-c1nc(CN2CCCN(C(=S)NC3CCCCCCC3)CC2)no1. The number of nitrogens with one attached hydrogen (secondary N) is 1. The summed E-state index contributed by atoms with van der Waals surface area (Å²) in [6, 6.07) is 0.536. The highest BCUT2D eigenvalue weighted by molar-refractivity contribution is 7.80. The Kier molecular flexibility index (Phi) is 7.55. The molecule has 1 N–H and O–H groups in total. The Morgan fingerprint density at radius 3 is 2.48 bits per heavy atom. The van der Waals surface area contributed by atoms with Crippen LogP contribution in [0.15, 0.2) is 9.05 Å². The first-order chi connectivity index (χ1) is 15.1. The average Bonchev–Trinajstić information content (AvgIpc) is 3.22. The number of nitrogens with zero attached hydrogens (tertiary/aromatic N) is 5. The molecule has 9 heteroatoms. The molecule has 2 fully saturated rings. The van der Waals surface area contributed by atoms with Gasteiger partial charge >= 0.3 is 0 Å². The zero-order chi connectivity index (χ0) is 21.6. The number of aryl methyl sites for hydroxylation is 2. The molecule has 8 nitrogen and oxygen atoms in total. The van der Waals surface area contributed by atoms with Gasteiger partial charge in [0.15, 0.2) is 10.9 Å². The molecule has 0 bridgehead atoms. The minimum absolute atomic E-state index is 0.479. The second-order valence-corrected chi connectivity index (χ2v) is 9.21. The van der Waals surface area contributed by atoms with Crippen LogP contribution in [0.3, 0.4) is 0 Å². The molecule has 170 valence electrons. The second kappa shape index (κ2) is 10.5. The van der Waals surface area contributed by atoms with Crippen molar-refractivity contribution in [1.82, 2.24) is 30.4 Å². The van der Waals surface area contributed by atoms with Gasteiger partial charge in [0.1, 0.15) is 11.3 Å². The number of hydrogen-bond acceptors (Lipinski definition) is 7. The molecule has 2 aromatic rings. The van der Waals surface area contributed by atoms with E-state index in [1.807, 2.05) is 13.8 Å². The van der Waals surface area contributed by atoms with Gasteiger partial charge in [0.25, 0.3) is 5.89 Å². The van der Waals surface area contributed by atoms with E-state index in [-0.39, 0.29) is 0 Å². The monoisotopic (exact) mass is 446 g/mol. The predicted octanol–water partition coefficient (Wildman–Crippen LogP) is 3.84. The normalized spacial score (nSPS) is 19.6. The summed E-state index contributed by atoms with van der Waals surface area (Å²) < 4.78 is 10.7. The van der Waals surface area contributed by atoms with Gasteiger partial charge in [-0.3, -0.25) is 4.90 Å². The van der Waals surface area contributed by atoms with Gasteiger partial charge in [-0.1, -0.05) is 42.4 Å². The summed E-state index contributed by atoms with van der Waals surface area (Å²) in [7, 11) is 0. The van der Waals surface area contributed by atoms with Crippen LogP contribution in [-0.2, 0) is 6.54 Å². The van der Waals surface area contributed by atoms with Crippen LogP contribution in [0, 0.1) is 13.8 Å². The Labute approximate surface area is 189 Å². The molecule has 0 spiro atoms. The summed E-state index contributed by atoms with van der Waals surface area (Å²) in [5, 5.41) is 12.7. The third-order valence-corrected chi connectivity index (χ3v) is 6.76. The quantitative estimate of drug-likeness (QED) is 0.704. The minimum Gasteiger partial charge on any atom is -0.361 e. The van der Waals surface area contributed by atoms with Crippen molar-refractivity contribution in [2.45, 2.75) is 77.8 Å². The Bertz CT molecular complexity index is 839. The van der Waals surface area contributed by atoms with E-state index < -0.39 is 0 Å². The Hall–Kier alpha value is -2.00. The van der Waals surface area contributed by atoms with E-state index in [4.69, 9.17) is 21.3 Å². The van der Waals surface area contributed by atoms with Gasteiger partial charge < -0.3 is 19.3 Å². The van der Waals surface area contributed by atoms with E-state index in [0.29, 0.717) is 30.1 Å². The highest BCUT2D eigenvalue weighted by atomic mass is 32.1. The van der Waals surface area contributed by atoms with Gasteiger partial charge in [-0.2, -0.15) is 4.98 Å². The van der Waals surface area contributed by atoms with E-state index in [1.54, 1.807) is 0 Å². The van der Waals surface area contributed by atoms with E-state index in [1.165, 1.54) is 44.9 Å². The molecule has 0 amide bonds. The van der Waals surface area contributed by atoms with Gasteiger partial charge in [-0.15, -0.1) is 0 Å². The number of thiocarbonyl (C=S) groups is 1. The lowest BCUT2D eigenvalue weighted by Crippen LogP contribution is -2.46. The van der Waals surface area contributed by atoms with E-state index in [9.17, 15) is 0 Å². The molecule has 1 saturated carbocycles. The lowest BCUT2D eigenvalue weighted by molar-refractivity contribution is 0.265. The fourth-order valence-electron chi connectivity index (χ4n) is 4.61. The van der Waals surface area contributed by atoms with Gasteiger partial charge in [0.2, 0.25) is 0 Å². The minimum atomic E-state index is 0.479. The van der Waals surface area contributed by atoms with Gasteiger partial charge in [-0.05, 0) is 45.3 Å².